The van der Waals surface area contributed by atoms with Gasteiger partial charge in [0.25, 0.3) is 0 Å². The van der Waals surface area contributed by atoms with Crippen LogP contribution >= 0.6 is 7.82 Å². The Bertz CT molecular complexity index is 1410. The SMILES string of the molecule is CCCCCCCCCC/C=C\CCCCCCCCCCCCCCCCCCCCCCCCCCCCCCCC(=O)NC(COP(=O)(O)OCC[N+](C)(C)C)C(O)/C=C/CC/C=C/CCCCCCCCCCCCCC. The zero-order valence-corrected chi connectivity index (χ0v) is 55.9. The maximum atomic E-state index is 13.0. The summed E-state index contributed by atoms with van der Waals surface area (Å²) in [6.45, 7) is 4.84. The first-order valence-electron chi connectivity index (χ1n) is 35.9. The quantitative estimate of drug-likeness (QED) is 0.0243. The highest BCUT2D eigenvalue weighted by molar-refractivity contribution is 7.47. The molecule has 0 saturated heterocycles. The fourth-order valence-electron chi connectivity index (χ4n) is 11.0. The molecule has 0 aromatic rings. The highest BCUT2D eigenvalue weighted by atomic mass is 31.2. The number of phosphoric acid groups is 1. The molecule has 0 aliphatic carbocycles. The number of likely N-dealkylation sites (N-methyl/N-ethyl adjacent to an activating group) is 1. The van der Waals surface area contributed by atoms with Crippen LogP contribution in [0.2, 0.25) is 0 Å². The van der Waals surface area contributed by atoms with E-state index in [-0.39, 0.29) is 19.1 Å². The van der Waals surface area contributed by atoms with Gasteiger partial charge in [0, 0.05) is 6.42 Å². The molecule has 0 heterocycles. The van der Waals surface area contributed by atoms with Gasteiger partial charge in [-0.05, 0) is 57.8 Å². The number of rotatable bonds is 67. The highest BCUT2D eigenvalue weighted by Gasteiger charge is 2.28. The summed E-state index contributed by atoms with van der Waals surface area (Å²) in [6, 6.07) is -0.862. The molecule has 9 heteroatoms. The number of aliphatic hydroxyl groups is 1. The molecule has 0 aliphatic heterocycles. The van der Waals surface area contributed by atoms with Crippen molar-refractivity contribution in [3.8, 4) is 0 Å². The number of carbonyl (C=O) groups excluding carboxylic acids is 1. The van der Waals surface area contributed by atoms with Crippen LogP contribution in [0, 0.1) is 0 Å². The lowest BCUT2D eigenvalue weighted by atomic mass is 10.0. The molecular formula is C72H142N2O6P+. The summed E-state index contributed by atoms with van der Waals surface area (Å²) in [6.07, 6.45) is 84.7. The topological polar surface area (TPSA) is 105 Å². The number of aliphatic hydroxyl groups excluding tert-OH is 1. The second-order valence-corrected chi connectivity index (χ2v) is 27.4. The van der Waals surface area contributed by atoms with E-state index in [4.69, 9.17) is 9.05 Å². The molecule has 8 nitrogen and oxygen atoms in total. The Morgan fingerprint density at radius 3 is 0.988 bits per heavy atom. The van der Waals surface area contributed by atoms with E-state index in [0.29, 0.717) is 17.4 Å². The normalized spacial score (nSPS) is 13.8. The summed E-state index contributed by atoms with van der Waals surface area (Å²) in [5, 5.41) is 14.0. The van der Waals surface area contributed by atoms with Crippen LogP contribution in [-0.2, 0) is 18.4 Å². The average molecular weight is 1160 g/mol. The van der Waals surface area contributed by atoms with E-state index in [2.05, 4.69) is 43.5 Å². The summed E-state index contributed by atoms with van der Waals surface area (Å²) >= 11 is 0. The molecule has 0 spiro atoms. The summed E-state index contributed by atoms with van der Waals surface area (Å²) in [5.41, 5.74) is 0. The van der Waals surface area contributed by atoms with Crippen LogP contribution < -0.4 is 5.32 Å². The third-order valence-corrected chi connectivity index (χ3v) is 17.6. The smallest absolute Gasteiger partial charge is 0.387 e. The first-order chi connectivity index (χ1) is 39.5. The van der Waals surface area contributed by atoms with Gasteiger partial charge >= 0.3 is 7.82 Å². The lowest BCUT2D eigenvalue weighted by Crippen LogP contribution is -2.45. The molecule has 480 valence electrons. The molecule has 0 aromatic carbocycles. The van der Waals surface area contributed by atoms with Gasteiger partial charge in [0.1, 0.15) is 13.2 Å². The number of nitrogens with zero attached hydrogens (tertiary/aromatic N) is 1. The first-order valence-corrected chi connectivity index (χ1v) is 37.4. The third kappa shape index (κ3) is 66.1. The molecule has 3 N–H and O–H groups in total. The van der Waals surface area contributed by atoms with Gasteiger partial charge in [-0.25, -0.2) is 4.57 Å². The third-order valence-electron chi connectivity index (χ3n) is 16.6. The molecule has 0 radical (unpaired) electrons. The van der Waals surface area contributed by atoms with Gasteiger partial charge in [-0.3, -0.25) is 13.8 Å². The summed E-state index contributed by atoms with van der Waals surface area (Å²) in [4.78, 5) is 23.4. The van der Waals surface area contributed by atoms with Gasteiger partial charge in [0.15, 0.2) is 0 Å². The standard InChI is InChI=1S/C72H141N2O6P/c1-6-8-10-12-14-16-18-20-22-24-26-27-28-29-30-31-32-33-34-35-36-37-38-39-40-41-42-43-44-45-46-47-48-50-52-54-56-58-60-62-64-66-72(76)73-70(69-80-81(77,78)79-68-67-74(3,4)5)71(75)65-63-61-59-57-55-53-51-49-25-23-21-19-17-15-13-11-9-7-2/h24,26,55,57,63,65,70-71,75H,6-23,25,27-54,56,58-62,64,66-69H2,1-5H3,(H-,73,76,77,78)/p+1/b26-24-,57-55+,65-63+. The number of amides is 1. The van der Waals surface area contributed by atoms with Crippen molar-refractivity contribution in [2.75, 3.05) is 40.9 Å². The van der Waals surface area contributed by atoms with E-state index in [9.17, 15) is 19.4 Å². The largest absolute Gasteiger partial charge is 0.472 e. The van der Waals surface area contributed by atoms with Gasteiger partial charge < -0.3 is 19.8 Å². The Morgan fingerprint density at radius 2 is 0.679 bits per heavy atom. The Balaban J connectivity index is 3.88. The first kappa shape index (κ1) is 79.7. The van der Waals surface area contributed by atoms with E-state index in [1.807, 2.05) is 27.2 Å². The van der Waals surface area contributed by atoms with Crippen molar-refractivity contribution >= 4 is 13.7 Å². The Labute approximate surface area is 506 Å². The number of phosphoric ester groups is 1. The lowest BCUT2D eigenvalue weighted by Gasteiger charge is -2.25. The van der Waals surface area contributed by atoms with Gasteiger partial charge in [0.2, 0.25) is 5.91 Å². The second kappa shape index (κ2) is 63.2. The van der Waals surface area contributed by atoms with Crippen molar-refractivity contribution in [1.82, 2.24) is 5.32 Å². The summed E-state index contributed by atoms with van der Waals surface area (Å²) in [7, 11) is 1.57. The van der Waals surface area contributed by atoms with Crippen LogP contribution in [0.25, 0.3) is 0 Å². The number of hydrogen-bond acceptors (Lipinski definition) is 5. The predicted molar refractivity (Wildman–Crippen MR) is 355 cm³/mol. The van der Waals surface area contributed by atoms with Crippen LogP contribution in [0.5, 0.6) is 0 Å². The molecule has 0 saturated carbocycles. The van der Waals surface area contributed by atoms with Gasteiger partial charge in [0.05, 0.1) is 39.9 Å². The summed E-state index contributed by atoms with van der Waals surface area (Å²) in [5.74, 6) is -0.179. The monoisotopic (exact) mass is 1160 g/mol. The van der Waals surface area contributed by atoms with E-state index < -0.39 is 20.0 Å². The van der Waals surface area contributed by atoms with Crippen molar-refractivity contribution in [3.05, 3.63) is 36.5 Å². The number of allylic oxidation sites excluding steroid dienone is 5. The van der Waals surface area contributed by atoms with Crippen LogP contribution in [-0.4, -0.2) is 73.4 Å². The van der Waals surface area contributed by atoms with E-state index >= 15 is 0 Å². The average Bonchev–Trinajstić information content (AvgIpc) is 3.43. The molecule has 0 bridgehead atoms. The molecule has 0 rings (SSSR count). The molecule has 0 fully saturated rings. The van der Waals surface area contributed by atoms with Crippen LogP contribution in [0.1, 0.15) is 367 Å². The summed E-state index contributed by atoms with van der Waals surface area (Å²) < 4.78 is 23.8. The minimum Gasteiger partial charge on any atom is -0.387 e. The van der Waals surface area contributed by atoms with Crippen LogP contribution in [0.4, 0.5) is 0 Å². The van der Waals surface area contributed by atoms with Crippen molar-refractivity contribution in [1.29, 1.82) is 0 Å². The Hall–Kier alpha value is -1.28. The molecule has 1 amide bonds. The van der Waals surface area contributed by atoms with E-state index in [1.165, 1.54) is 308 Å². The number of unbranched alkanes of at least 4 members (excludes halogenated alkanes) is 50. The molecule has 3 unspecified atom stereocenters. The molecule has 0 aromatic heterocycles. The fraction of sp³-hybridized carbons (Fsp3) is 0.903. The van der Waals surface area contributed by atoms with Crippen molar-refractivity contribution in [3.63, 3.8) is 0 Å². The van der Waals surface area contributed by atoms with E-state index in [1.54, 1.807) is 6.08 Å². The molecule has 3 atom stereocenters. The van der Waals surface area contributed by atoms with Crippen LogP contribution in [0.15, 0.2) is 36.5 Å². The van der Waals surface area contributed by atoms with Crippen molar-refractivity contribution in [2.24, 2.45) is 0 Å². The van der Waals surface area contributed by atoms with Gasteiger partial charge in [-0.1, -0.05) is 339 Å². The minimum absolute atomic E-state index is 0.0583. The van der Waals surface area contributed by atoms with Gasteiger partial charge in [-0.15, -0.1) is 0 Å². The maximum Gasteiger partial charge on any atom is 0.472 e. The second-order valence-electron chi connectivity index (χ2n) is 26.0. The maximum absolute atomic E-state index is 13.0. The zero-order chi connectivity index (χ0) is 59.1. The van der Waals surface area contributed by atoms with Gasteiger partial charge in [-0.2, -0.15) is 0 Å². The minimum atomic E-state index is -4.36. The highest BCUT2D eigenvalue weighted by Crippen LogP contribution is 2.43. The van der Waals surface area contributed by atoms with Crippen LogP contribution in [0.3, 0.4) is 0 Å². The number of hydrogen-bond donors (Lipinski definition) is 3. The molecular weight excluding hydrogens is 1020 g/mol. The van der Waals surface area contributed by atoms with Crippen molar-refractivity contribution in [2.45, 2.75) is 379 Å². The lowest BCUT2D eigenvalue weighted by molar-refractivity contribution is -0.870. The number of nitrogens with one attached hydrogen (secondary N) is 1. The molecule has 81 heavy (non-hydrogen) atoms. The predicted octanol–water partition coefficient (Wildman–Crippen LogP) is 22.8. The molecule has 0 aliphatic rings. The van der Waals surface area contributed by atoms with Crippen molar-refractivity contribution < 1.29 is 32.9 Å². The fourth-order valence-corrected chi connectivity index (χ4v) is 11.7. The number of carbonyl (C=O) groups is 1. The van der Waals surface area contributed by atoms with E-state index in [0.717, 1.165) is 38.5 Å². The zero-order valence-electron chi connectivity index (χ0n) is 55.1. The Morgan fingerprint density at radius 1 is 0.407 bits per heavy atom. The number of quaternary nitrogens is 1. The Kier molecular flexibility index (Phi) is 62.2.